The van der Waals surface area contributed by atoms with Crippen LogP contribution in [0.5, 0.6) is 5.75 Å². The lowest BCUT2D eigenvalue weighted by Crippen LogP contribution is -2.48. The highest BCUT2D eigenvalue weighted by Crippen LogP contribution is 2.35. The van der Waals surface area contributed by atoms with Crippen molar-refractivity contribution in [3.05, 3.63) is 65.7 Å². The van der Waals surface area contributed by atoms with E-state index in [4.69, 9.17) is 4.74 Å². The van der Waals surface area contributed by atoms with Crippen molar-refractivity contribution in [1.29, 1.82) is 0 Å². The average molecular weight is 437 g/mol. The standard InChI is InChI=1S/C24H29FN6O/c1-32-22-8-4-7-21(17-22)29-13-15-30(16-14-29)23(18-9-11-19(25)12-10-18)24-26-27-28-31(24)20-5-2-3-6-20/h4,7-12,17,20,23H,2-3,5-6,13-16H2,1H3/t23-/m0/s1. The third-order valence-corrected chi connectivity index (χ3v) is 6.72. The number of ether oxygens (including phenoxy) is 1. The maximum atomic E-state index is 13.7. The molecule has 8 heteroatoms. The Kier molecular flexibility index (Phi) is 6.03. The summed E-state index contributed by atoms with van der Waals surface area (Å²) in [6.45, 7) is 3.49. The lowest BCUT2D eigenvalue weighted by molar-refractivity contribution is 0.197. The maximum absolute atomic E-state index is 13.7. The number of piperazine rings is 1. The van der Waals surface area contributed by atoms with Gasteiger partial charge in [-0.3, -0.25) is 4.90 Å². The van der Waals surface area contributed by atoms with Crippen molar-refractivity contribution in [3.63, 3.8) is 0 Å². The number of hydrogen-bond donors (Lipinski definition) is 0. The molecule has 0 amide bonds. The molecule has 0 bridgehead atoms. The fourth-order valence-electron chi connectivity index (χ4n) is 5.00. The zero-order valence-electron chi connectivity index (χ0n) is 18.4. The predicted octanol–water partition coefficient (Wildman–Crippen LogP) is 3.85. The van der Waals surface area contributed by atoms with Gasteiger partial charge in [-0.2, -0.15) is 0 Å². The Bertz CT molecular complexity index is 1020. The minimum atomic E-state index is -0.231. The van der Waals surface area contributed by atoms with E-state index in [0.29, 0.717) is 6.04 Å². The van der Waals surface area contributed by atoms with Crippen molar-refractivity contribution >= 4 is 5.69 Å². The Hall–Kier alpha value is -3.00. The van der Waals surface area contributed by atoms with E-state index in [9.17, 15) is 4.39 Å². The van der Waals surface area contributed by atoms with Crippen molar-refractivity contribution in [2.45, 2.75) is 37.8 Å². The van der Waals surface area contributed by atoms with E-state index in [0.717, 1.165) is 61.8 Å². The van der Waals surface area contributed by atoms with Crippen LogP contribution in [0.1, 0.15) is 49.2 Å². The van der Waals surface area contributed by atoms with Crippen LogP contribution in [-0.4, -0.2) is 58.4 Å². The van der Waals surface area contributed by atoms with Gasteiger partial charge in [-0.15, -0.1) is 5.10 Å². The zero-order chi connectivity index (χ0) is 21.9. The lowest BCUT2D eigenvalue weighted by atomic mass is 10.0. The molecule has 32 heavy (non-hydrogen) atoms. The molecule has 0 unspecified atom stereocenters. The summed E-state index contributed by atoms with van der Waals surface area (Å²) in [5.41, 5.74) is 2.19. The molecule has 7 nitrogen and oxygen atoms in total. The fourth-order valence-corrected chi connectivity index (χ4v) is 5.00. The summed E-state index contributed by atoms with van der Waals surface area (Å²) >= 11 is 0. The smallest absolute Gasteiger partial charge is 0.173 e. The van der Waals surface area contributed by atoms with E-state index < -0.39 is 0 Å². The zero-order valence-corrected chi connectivity index (χ0v) is 18.4. The minimum Gasteiger partial charge on any atom is -0.497 e. The van der Waals surface area contributed by atoms with Crippen molar-refractivity contribution in [2.24, 2.45) is 0 Å². The van der Waals surface area contributed by atoms with E-state index in [2.05, 4.69) is 37.5 Å². The predicted molar refractivity (Wildman–Crippen MR) is 120 cm³/mol. The summed E-state index contributed by atoms with van der Waals surface area (Å²) in [5.74, 6) is 1.49. The summed E-state index contributed by atoms with van der Waals surface area (Å²) in [5, 5.41) is 12.9. The molecule has 2 fully saturated rings. The van der Waals surface area contributed by atoms with E-state index in [1.165, 1.54) is 25.0 Å². The van der Waals surface area contributed by atoms with Crippen LogP contribution < -0.4 is 9.64 Å². The molecule has 1 aromatic heterocycles. The summed E-state index contributed by atoms with van der Waals surface area (Å²) in [7, 11) is 1.69. The highest BCUT2D eigenvalue weighted by Gasteiger charge is 2.33. The molecule has 0 radical (unpaired) electrons. The van der Waals surface area contributed by atoms with Crippen LogP contribution in [0.4, 0.5) is 10.1 Å². The summed E-state index contributed by atoms with van der Waals surface area (Å²) in [6.07, 6.45) is 4.64. The van der Waals surface area contributed by atoms with Crippen LogP contribution in [0, 0.1) is 5.82 Å². The Balaban J connectivity index is 1.41. The third-order valence-electron chi connectivity index (χ3n) is 6.72. The van der Waals surface area contributed by atoms with E-state index in [1.807, 2.05) is 28.9 Å². The highest BCUT2D eigenvalue weighted by molar-refractivity contribution is 5.51. The lowest BCUT2D eigenvalue weighted by Gasteiger charge is -2.40. The SMILES string of the molecule is COc1cccc(N2CCN([C@@H](c3ccc(F)cc3)c3nnnn3C3CCCC3)CC2)c1. The number of methoxy groups -OCH3 is 1. The highest BCUT2D eigenvalue weighted by atomic mass is 19.1. The van der Waals surface area contributed by atoms with Crippen LogP contribution in [0.3, 0.4) is 0 Å². The first-order chi connectivity index (χ1) is 15.7. The first-order valence-electron chi connectivity index (χ1n) is 11.4. The fraction of sp³-hybridized carbons (Fsp3) is 0.458. The quantitative estimate of drug-likeness (QED) is 0.585. The van der Waals surface area contributed by atoms with Gasteiger partial charge >= 0.3 is 0 Å². The number of benzene rings is 2. The first kappa shape index (κ1) is 20.9. The van der Waals surface area contributed by atoms with Crippen LogP contribution >= 0.6 is 0 Å². The molecule has 168 valence electrons. The molecule has 1 atom stereocenters. The second kappa shape index (κ2) is 9.24. The number of rotatable bonds is 6. The Morgan fingerprint density at radius 3 is 2.47 bits per heavy atom. The van der Waals surface area contributed by atoms with Crippen molar-refractivity contribution in [2.75, 3.05) is 38.2 Å². The van der Waals surface area contributed by atoms with Gasteiger partial charge in [0.1, 0.15) is 11.6 Å². The molecule has 1 saturated heterocycles. The molecule has 2 heterocycles. The van der Waals surface area contributed by atoms with E-state index in [1.54, 1.807) is 7.11 Å². The van der Waals surface area contributed by atoms with E-state index >= 15 is 0 Å². The number of nitrogens with zero attached hydrogens (tertiary/aromatic N) is 6. The summed E-state index contributed by atoms with van der Waals surface area (Å²) < 4.78 is 21.1. The van der Waals surface area contributed by atoms with Crippen LogP contribution in [0.25, 0.3) is 0 Å². The van der Waals surface area contributed by atoms with Gasteiger partial charge in [0.15, 0.2) is 5.82 Å². The van der Waals surface area contributed by atoms with Gasteiger partial charge in [0.2, 0.25) is 0 Å². The number of tetrazole rings is 1. The number of hydrogen-bond acceptors (Lipinski definition) is 6. The number of aromatic nitrogens is 4. The van der Waals surface area contributed by atoms with Gasteiger partial charge in [-0.05, 0) is 53.1 Å². The third kappa shape index (κ3) is 4.19. The second-order valence-corrected chi connectivity index (χ2v) is 8.60. The van der Waals surface area contributed by atoms with Crippen LogP contribution in [-0.2, 0) is 0 Å². The largest absolute Gasteiger partial charge is 0.497 e. The molecule has 1 aliphatic heterocycles. The molecule has 1 saturated carbocycles. The summed E-state index contributed by atoms with van der Waals surface area (Å²) in [6, 6.07) is 15.2. The number of anilines is 1. The molecular weight excluding hydrogens is 407 g/mol. The Labute approximate surface area is 187 Å². The summed E-state index contributed by atoms with van der Waals surface area (Å²) in [4.78, 5) is 4.79. The number of halogens is 1. The van der Waals surface area contributed by atoms with Crippen LogP contribution in [0.15, 0.2) is 48.5 Å². The van der Waals surface area contributed by atoms with Gasteiger partial charge in [0.25, 0.3) is 0 Å². The molecule has 1 aliphatic carbocycles. The second-order valence-electron chi connectivity index (χ2n) is 8.60. The van der Waals surface area contributed by atoms with Gasteiger partial charge in [0, 0.05) is 37.9 Å². The molecule has 2 aliphatic rings. The first-order valence-corrected chi connectivity index (χ1v) is 11.4. The molecule has 0 spiro atoms. The van der Waals surface area contributed by atoms with Gasteiger partial charge < -0.3 is 9.64 Å². The topological polar surface area (TPSA) is 59.3 Å². The normalized spacial score (nSPS) is 18.8. The molecule has 2 aromatic carbocycles. The molecular formula is C24H29FN6O. The van der Waals surface area contributed by atoms with Gasteiger partial charge in [-0.1, -0.05) is 31.0 Å². The van der Waals surface area contributed by atoms with Crippen molar-refractivity contribution in [1.82, 2.24) is 25.1 Å². The van der Waals surface area contributed by atoms with Crippen molar-refractivity contribution < 1.29 is 9.13 Å². The van der Waals surface area contributed by atoms with Gasteiger partial charge in [-0.25, -0.2) is 9.07 Å². The Morgan fingerprint density at radius 2 is 1.75 bits per heavy atom. The van der Waals surface area contributed by atoms with Crippen molar-refractivity contribution in [3.8, 4) is 5.75 Å². The molecule has 3 aromatic rings. The van der Waals surface area contributed by atoms with E-state index in [-0.39, 0.29) is 11.9 Å². The maximum Gasteiger partial charge on any atom is 0.173 e. The Morgan fingerprint density at radius 1 is 1.00 bits per heavy atom. The minimum absolute atomic E-state index is 0.0985. The average Bonchev–Trinajstić information content (AvgIpc) is 3.53. The molecule has 5 rings (SSSR count). The monoisotopic (exact) mass is 436 g/mol. The molecule has 0 N–H and O–H groups in total. The van der Waals surface area contributed by atoms with Crippen LogP contribution in [0.2, 0.25) is 0 Å². The van der Waals surface area contributed by atoms with Gasteiger partial charge in [0.05, 0.1) is 19.2 Å².